The van der Waals surface area contributed by atoms with Gasteiger partial charge in [0.2, 0.25) is 0 Å². The minimum absolute atomic E-state index is 0.0131. The highest BCUT2D eigenvalue weighted by Gasteiger charge is 2.55. The molecule has 1 spiro atoms. The number of hydrogen-bond acceptors (Lipinski definition) is 5. The molecule has 8 heteroatoms. The van der Waals surface area contributed by atoms with Gasteiger partial charge in [-0.2, -0.15) is 0 Å². The molecule has 168 valence electrons. The molecule has 2 atom stereocenters. The van der Waals surface area contributed by atoms with Crippen LogP contribution in [0.25, 0.3) is 0 Å². The Kier molecular flexibility index (Phi) is 6.67. The van der Waals surface area contributed by atoms with Crippen LogP contribution in [0.3, 0.4) is 0 Å². The van der Waals surface area contributed by atoms with E-state index in [1.165, 1.54) is 4.90 Å². The van der Waals surface area contributed by atoms with Crippen molar-refractivity contribution >= 4 is 23.8 Å². The van der Waals surface area contributed by atoms with E-state index in [0.29, 0.717) is 13.0 Å². The number of amides is 4. The van der Waals surface area contributed by atoms with Crippen molar-refractivity contribution in [3.63, 3.8) is 0 Å². The molecule has 0 unspecified atom stereocenters. The molecule has 1 saturated carbocycles. The molecular formula is C23H31N3O5. The zero-order chi connectivity index (χ0) is 22.8. The minimum atomic E-state index is -0.919. The first-order valence-electron chi connectivity index (χ1n) is 10.7. The average Bonchev–Trinajstić information content (AvgIpc) is 2.95. The number of esters is 1. The van der Waals surface area contributed by atoms with Crippen LogP contribution in [0.4, 0.5) is 4.79 Å². The second kappa shape index (κ2) is 9.08. The van der Waals surface area contributed by atoms with Crippen LogP contribution in [0.1, 0.15) is 49.3 Å². The van der Waals surface area contributed by atoms with Crippen LogP contribution < -0.4 is 5.32 Å². The summed E-state index contributed by atoms with van der Waals surface area (Å²) < 4.78 is 5.07. The number of nitrogens with one attached hydrogen (secondary N) is 1. The van der Waals surface area contributed by atoms with Crippen LogP contribution >= 0.6 is 0 Å². The molecule has 0 bridgehead atoms. The number of carbonyl (C=O) groups excluding carboxylic acids is 4. The summed E-state index contributed by atoms with van der Waals surface area (Å²) in [6.07, 6.45) is 3.30. The topological polar surface area (TPSA) is 96.0 Å². The Labute approximate surface area is 182 Å². The van der Waals surface area contributed by atoms with E-state index in [4.69, 9.17) is 4.74 Å². The van der Waals surface area contributed by atoms with Gasteiger partial charge in [-0.1, -0.05) is 43.5 Å². The van der Waals surface area contributed by atoms with Crippen LogP contribution in [-0.2, 0) is 25.7 Å². The van der Waals surface area contributed by atoms with E-state index >= 15 is 0 Å². The normalized spacial score (nSPS) is 23.1. The molecule has 1 saturated heterocycles. The maximum Gasteiger partial charge on any atom is 0.326 e. The maximum absolute atomic E-state index is 12.9. The lowest BCUT2D eigenvalue weighted by Crippen LogP contribution is -2.54. The van der Waals surface area contributed by atoms with Gasteiger partial charge in [0.15, 0.2) is 6.61 Å². The van der Waals surface area contributed by atoms with Gasteiger partial charge in [0.25, 0.3) is 11.8 Å². The van der Waals surface area contributed by atoms with Crippen molar-refractivity contribution < 1.29 is 23.9 Å². The Hall–Kier alpha value is -2.90. The predicted octanol–water partition coefficient (Wildman–Crippen LogP) is 2.31. The second-order valence-corrected chi connectivity index (χ2v) is 8.78. The number of hydrogen-bond donors (Lipinski definition) is 1. The number of likely N-dealkylation sites (N-methyl/N-ethyl adjacent to an activating group) is 1. The van der Waals surface area contributed by atoms with Crippen molar-refractivity contribution in [3.8, 4) is 0 Å². The fraction of sp³-hybridized carbons (Fsp3) is 0.565. The number of aryl methyl sites for hydroxylation is 2. The lowest BCUT2D eigenvalue weighted by Gasteiger charge is -2.36. The molecule has 1 heterocycles. The SMILES string of the molecule is Cc1ccc(CN(C)C(=O)COC(=O)CN2C(=O)N[C@]3(CCCC[C@@H]3C)C2=O)c(C)c1. The fourth-order valence-electron chi connectivity index (χ4n) is 4.43. The number of urea groups is 1. The number of carbonyl (C=O) groups is 4. The van der Waals surface area contributed by atoms with Gasteiger partial charge in [-0.15, -0.1) is 0 Å². The van der Waals surface area contributed by atoms with Gasteiger partial charge < -0.3 is 15.0 Å². The van der Waals surface area contributed by atoms with Crippen LogP contribution in [0, 0.1) is 19.8 Å². The Morgan fingerprint density at radius 1 is 1.26 bits per heavy atom. The van der Waals surface area contributed by atoms with Gasteiger partial charge in [-0.05, 0) is 43.7 Å². The summed E-state index contributed by atoms with van der Waals surface area (Å²) in [7, 11) is 1.64. The molecule has 4 amide bonds. The maximum atomic E-state index is 12.9. The number of imide groups is 1. The average molecular weight is 430 g/mol. The molecule has 1 aromatic rings. The summed E-state index contributed by atoms with van der Waals surface area (Å²) in [5, 5.41) is 2.80. The minimum Gasteiger partial charge on any atom is -0.454 e. The predicted molar refractivity (Wildman–Crippen MR) is 114 cm³/mol. The molecule has 1 aliphatic heterocycles. The third-order valence-corrected chi connectivity index (χ3v) is 6.48. The third-order valence-electron chi connectivity index (χ3n) is 6.48. The highest BCUT2D eigenvalue weighted by molar-refractivity contribution is 6.09. The van der Waals surface area contributed by atoms with E-state index in [-0.39, 0.29) is 17.7 Å². The lowest BCUT2D eigenvalue weighted by atomic mass is 9.73. The van der Waals surface area contributed by atoms with E-state index in [1.807, 2.05) is 39.0 Å². The van der Waals surface area contributed by atoms with E-state index in [9.17, 15) is 19.2 Å². The van der Waals surface area contributed by atoms with Crippen LogP contribution in [0.2, 0.25) is 0 Å². The van der Waals surface area contributed by atoms with E-state index < -0.39 is 30.7 Å². The quantitative estimate of drug-likeness (QED) is 0.553. The molecule has 0 radical (unpaired) electrons. The van der Waals surface area contributed by atoms with E-state index in [2.05, 4.69) is 5.32 Å². The zero-order valence-electron chi connectivity index (χ0n) is 18.7. The number of nitrogens with zero attached hydrogens (tertiary/aromatic N) is 2. The zero-order valence-corrected chi connectivity index (χ0v) is 18.7. The number of benzene rings is 1. The largest absolute Gasteiger partial charge is 0.454 e. The molecule has 3 rings (SSSR count). The van der Waals surface area contributed by atoms with Gasteiger partial charge in [0.1, 0.15) is 12.1 Å². The summed E-state index contributed by atoms with van der Waals surface area (Å²) in [6, 6.07) is 5.43. The summed E-state index contributed by atoms with van der Waals surface area (Å²) in [5.41, 5.74) is 2.33. The highest BCUT2D eigenvalue weighted by Crippen LogP contribution is 2.38. The highest BCUT2D eigenvalue weighted by atomic mass is 16.5. The molecule has 0 aromatic heterocycles. The summed E-state index contributed by atoms with van der Waals surface area (Å²) >= 11 is 0. The second-order valence-electron chi connectivity index (χ2n) is 8.78. The van der Waals surface area contributed by atoms with Gasteiger partial charge in [0.05, 0.1) is 0 Å². The fourth-order valence-corrected chi connectivity index (χ4v) is 4.43. The summed E-state index contributed by atoms with van der Waals surface area (Å²) in [4.78, 5) is 52.3. The Morgan fingerprint density at radius 3 is 2.68 bits per heavy atom. The molecule has 2 fully saturated rings. The Balaban J connectivity index is 1.52. The standard InChI is InChI=1S/C23H31N3O5/c1-15-8-9-18(16(2)11-15)12-25(4)19(27)14-31-20(28)13-26-21(29)23(24-22(26)30)10-6-5-7-17(23)3/h8-9,11,17H,5-7,10,12-14H2,1-4H3,(H,24,30)/t17-,23-/m0/s1. The van der Waals surface area contributed by atoms with Crippen molar-refractivity contribution in [1.82, 2.24) is 15.1 Å². The first-order valence-corrected chi connectivity index (χ1v) is 10.7. The molecule has 1 N–H and O–H groups in total. The molecule has 1 aliphatic carbocycles. The van der Waals surface area contributed by atoms with Gasteiger partial charge in [-0.25, -0.2) is 4.79 Å². The molecule has 8 nitrogen and oxygen atoms in total. The van der Waals surface area contributed by atoms with Crippen LogP contribution in [0.15, 0.2) is 18.2 Å². The lowest BCUT2D eigenvalue weighted by molar-refractivity contribution is -0.153. The first kappa shape index (κ1) is 22.8. The molecule has 31 heavy (non-hydrogen) atoms. The Bertz CT molecular complexity index is 899. The van der Waals surface area contributed by atoms with Crippen molar-refractivity contribution in [1.29, 1.82) is 0 Å². The molecular weight excluding hydrogens is 398 g/mol. The number of ether oxygens (including phenoxy) is 1. The third kappa shape index (κ3) is 4.73. The van der Waals surface area contributed by atoms with Gasteiger partial charge >= 0.3 is 12.0 Å². The van der Waals surface area contributed by atoms with Crippen LogP contribution in [-0.4, -0.2) is 59.4 Å². The van der Waals surface area contributed by atoms with Crippen LogP contribution in [0.5, 0.6) is 0 Å². The van der Waals surface area contributed by atoms with Crippen molar-refractivity contribution in [3.05, 3.63) is 34.9 Å². The number of rotatable bonds is 6. The van der Waals surface area contributed by atoms with E-state index in [0.717, 1.165) is 40.9 Å². The molecule has 1 aromatic carbocycles. The summed E-state index contributed by atoms with van der Waals surface area (Å²) in [6.45, 7) is 5.41. The monoisotopic (exact) mass is 429 g/mol. The van der Waals surface area contributed by atoms with Crippen molar-refractivity contribution in [2.24, 2.45) is 5.92 Å². The Morgan fingerprint density at radius 2 is 2.00 bits per heavy atom. The van der Waals surface area contributed by atoms with Gasteiger partial charge in [0, 0.05) is 13.6 Å². The molecule has 2 aliphatic rings. The van der Waals surface area contributed by atoms with E-state index in [1.54, 1.807) is 7.05 Å². The first-order chi connectivity index (χ1) is 14.6. The van der Waals surface area contributed by atoms with Crippen molar-refractivity contribution in [2.75, 3.05) is 20.2 Å². The van der Waals surface area contributed by atoms with Gasteiger partial charge in [-0.3, -0.25) is 19.3 Å². The van der Waals surface area contributed by atoms with Crippen molar-refractivity contribution in [2.45, 2.75) is 58.5 Å². The smallest absolute Gasteiger partial charge is 0.326 e. The summed E-state index contributed by atoms with van der Waals surface area (Å²) in [5.74, 6) is -1.50.